The van der Waals surface area contributed by atoms with Gasteiger partial charge in [0, 0.05) is 6.20 Å². The van der Waals surface area contributed by atoms with Gasteiger partial charge in [0.2, 0.25) is 0 Å². The molecule has 0 radical (unpaired) electrons. The number of carboxylic acid groups (broad SMARTS) is 1. The Kier molecular flexibility index (Phi) is 7.70. The summed E-state index contributed by atoms with van der Waals surface area (Å²) in [5, 5.41) is 15.8. The zero-order chi connectivity index (χ0) is 22.4. The third kappa shape index (κ3) is 4.85. The number of esters is 2. The van der Waals surface area contributed by atoms with Gasteiger partial charge in [0.25, 0.3) is 5.91 Å². The fourth-order valence-corrected chi connectivity index (χ4v) is 3.66. The molecule has 2 aromatic rings. The predicted octanol–water partition coefficient (Wildman–Crippen LogP) is 2.89. The molecule has 0 bridgehead atoms. The topological polar surface area (TPSA) is 137 Å². The number of amides is 1. The Balaban J connectivity index is 2.43. The van der Waals surface area contributed by atoms with Crippen LogP contribution < -0.4 is 5.32 Å². The van der Waals surface area contributed by atoms with E-state index in [1.807, 2.05) is 6.92 Å². The molecule has 2 N–H and O–H groups in total. The third-order valence-electron chi connectivity index (χ3n) is 4.10. The van der Waals surface area contributed by atoms with Crippen LogP contribution in [0.5, 0.6) is 0 Å². The van der Waals surface area contributed by atoms with Crippen LogP contribution >= 0.6 is 11.3 Å². The Hall–Kier alpha value is -3.21. The minimum absolute atomic E-state index is 0.0125. The van der Waals surface area contributed by atoms with Gasteiger partial charge in [-0.25, -0.2) is 19.1 Å². The van der Waals surface area contributed by atoms with E-state index in [2.05, 4.69) is 10.4 Å². The summed E-state index contributed by atoms with van der Waals surface area (Å²) in [4.78, 5) is 49.0. The summed E-state index contributed by atoms with van der Waals surface area (Å²) in [6.07, 6.45) is 1.90. The molecule has 2 heterocycles. The first-order chi connectivity index (χ1) is 14.2. The Labute approximate surface area is 176 Å². The van der Waals surface area contributed by atoms with Gasteiger partial charge in [-0.3, -0.25) is 4.79 Å². The van der Waals surface area contributed by atoms with Gasteiger partial charge in [-0.1, -0.05) is 6.92 Å². The first-order valence-corrected chi connectivity index (χ1v) is 10.1. The fraction of sp³-hybridized carbons (Fsp3) is 0.421. The van der Waals surface area contributed by atoms with Crippen molar-refractivity contribution in [3.8, 4) is 0 Å². The van der Waals surface area contributed by atoms with Gasteiger partial charge in [0.1, 0.15) is 21.6 Å². The van der Waals surface area contributed by atoms with Gasteiger partial charge in [-0.15, -0.1) is 11.3 Å². The van der Waals surface area contributed by atoms with E-state index in [0.717, 1.165) is 16.0 Å². The summed E-state index contributed by atoms with van der Waals surface area (Å²) in [7, 11) is 0. The molecule has 11 heteroatoms. The molecule has 0 aliphatic carbocycles. The van der Waals surface area contributed by atoms with Gasteiger partial charge >= 0.3 is 17.9 Å². The molecule has 30 heavy (non-hydrogen) atoms. The summed E-state index contributed by atoms with van der Waals surface area (Å²) in [5.41, 5.74) is 0.381. The third-order valence-corrected chi connectivity index (χ3v) is 5.29. The number of ether oxygens (including phenoxy) is 2. The number of carbonyl (C=O) groups excluding carboxylic acids is 3. The summed E-state index contributed by atoms with van der Waals surface area (Å²) in [5.74, 6) is -3.13. The van der Waals surface area contributed by atoms with Crippen LogP contribution in [0.4, 0.5) is 5.00 Å². The summed E-state index contributed by atoms with van der Waals surface area (Å²) >= 11 is 0.889. The number of anilines is 1. The van der Waals surface area contributed by atoms with Gasteiger partial charge in [-0.05, 0) is 38.8 Å². The van der Waals surface area contributed by atoms with Crippen molar-refractivity contribution in [2.75, 3.05) is 18.5 Å². The van der Waals surface area contributed by atoms with Crippen molar-refractivity contribution >= 4 is 40.2 Å². The number of rotatable bonds is 9. The number of aromatic nitrogens is 2. The lowest BCUT2D eigenvalue weighted by molar-refractivity contribution is -0.140. The molecular weight excluding hydrogens is 414 g/mol. The number of thiophene rings is 1. The molecule has 0 aliphatic rings. The van der Waals surface area contributed by atoms with E-state index >= 15 is 0 Å². The largest absolute Gasteiger partial charge is 0.480 e. The Morgan fingerprint density at radius 1 is 1.23 bits per heavy atom. The van der Waals surface area contributed by atoms with E-state index in [4.69, 9.17) is 9.47 Å². The fourth-order valence-electron chi connectivity index (χ4n) is 2.58. The smallest absolute Gasteiger partial charge is 0.348 e. The maximum absolute atomic E-state index is 12.8. The lowest BCUT2D eigenvalue weighted by atomic mass is 10.1. The molecule has 0 saturated heterocycles. The molecule has 1 unspecified atom stereocenters. The maximum atomic E-state index is 12.8. The lowest BCUT2D eigenvalue weighted by Gasteiger charge is -2.12. The highest BCUT2D eigenvalue weighted by atomic mass is 32.1. The Morgan fingerprint density at radius 3 is 2.53 bits per heavy atom. The van der Waals surface area contributed by atoms with E-state index in [-0.39, 0.29) is 34.3 Å². The highest BCUT2D eigenvalue weighted by molar-refractivity contribution is 7.18. The minimum atomic E-state index is -1.16. The van der Waals surface area contributed by atoms with Crippen molar-refractivity contribution in [2.45, 2.75) is 40.2 Å². The van der Waals surface area contributed by atoms with Crippen molar-refractivity contribution in [3.63, 3.8) is 0 Å². The molecule has 1 atom stereocenters. The standard InChI is InChI=1S/C19H23N3O7S/c1-5-9-29-18(26)13-10(3)14(19(27)28-6-2)30-16(13)21-15(23)12-7-8-20-22(12)11(4)17(24)25/h7-8,11H,5-6,9H2,1-4H3,(H,21,23)(H,24,25). The van der Waals surface area contributed by atoms with E-state index in [1.165, 1.54) is 19.2 Å². The van der Waals surface area contributed by atoms with Crippen LogP contribution in [0, 0.1) is 6.92 Å². The molecule has 10 nitrogen and oxygen atoms in total. The number of hydrogen-bond acceptors (Lipinski definition) is 8. The van der Waals surface area contributed by atoms with Crippen LogP contribution in [-0.4, -0.2) is 51.9 Å². The highest BCUT2D eigenvalue weighted by Gasteiger charge is 2.29. The summed E-state index contributed by atoms with van der Waals surface area (Å²) < 4.78 is 11.3. The second-order valence-electron chi connectivity index (χ2n) is 6.25. The molecular formula is C19H23N3O7S. The summed E-state index contributed by atoms with van der Waals surface area (Å²) in [6.45, 7) is 6.78. The Morgan fingerprint density at radius 2 is 1.93 bits per heavy atom. The molecule has 2 aromatic heterocycles. The number of aliphatic carboxylic acids is 1. The van der Waals surface area contributed by atoms with Crippen LogP contribution in [0.25, 0.3) is 0 Å². The number of nitrogens with one attached hydrogen (secondary N) is 1. The van der Waals surface area contributed by atoms with Crippen LogP contribution in [-0.2, 0) is 14.3 Å². The van der Waals surface area contributed by atoms with Crippen molar-refractivity contribution in [1.82, 2.24) is 9.78 Å². The van der Waals surface area contributed by atoms with Crippen molar-refractivity contribution in [3.05, 3.63) is 34.0 Å². The molecule has 0 saturated carbocycles. The molecule has 0 aliphatic heterocycles. The zero-order valence-electron chi connectivity index (χ0n) is 17.1. The monoisotopic (exact) mass is 437 g/mol. The highest BCUT2D eigenvalue weighted by Crippen LogP contribution is 2.34. The molecule has 0 fully saturated rings. The predicted molar refractivity (Wildman–Crippen MR) is 108 cm³/mol. The quantitative estimate of drug-likeness (QED) is 0.571. The molecule has 0 aromatic carbocycles. The zero-order valence-corrected chi connectivity index (χ0v) is 17.9. The normalized spacial score (nSPS) is 11.6. The van der Waals surface area contributed by atoms with Crippen molar-refractivity contribution < 1.29 is 33.8 Å². The molecule has 1 amide bonds. The van der Waals surface area contributed by atoms with Crippen LogP contribution in [0.1, 0.15) is 69.3 Å². The number of hydrogen-bond donors (Lipinski definition) is 2. The lowest BCUT2D eigenvalue weighted by Crippen LogP contribution is -2.24. The average molecular weight is 437 g/mol. The van der Waals surface area contributed by atoms with E-state index in [0.29, 0.717) is 12.0 Å². The second kappa shape index (κ2) is 10.0. The van der Waals surface area contributed by atoms with Crippen molar-refractivity contribution in [2.24, 2.45) is 0 Å². The van der Waals surface area contributed by atoms with E-state index in [9.17, 15) is 24.3 Å². The Bertz CT molecular complexity index is 963. The van der Waals surface area contributed by atoms with Gasteiger partial charge in [0.05, 0.1) is 18.8 Å². The van der Waals surface area contributed by atoms with Gasteiger partial charge in [-0.2, -0.15) is 5.10 Å². The second-order valence-corrected chi connectivity index (χ2v) is 7.27. The average Bonchev–Trinajstić information content (AvgIpc) is 3.30. The number of carbonyl (C=O) groups is 4. The summed E-state index contributed by atoms with van der Waals surface area (Å²) in [6, 6.07) is 0.284. The molecule has 0 spiro atoms. The minimum Gasteiger partial charge on any atom is -0.480 e. The van der Waals surface area contributed by atoms with Gasteiger partial charge < -0.3 is 19.9 Å². The molecule has 162 valence electrons. The van der Waals surface area contributed by atoms with Crippen LogP contribution in [0.3, 0.4) is 0 Å². The van der Waals surface area contributed by atoms with Crippen LogP contribution in [0.15, 0.2) is 12.3 Å². The van der Waals surface area contributed by atoms with Gasteiger partial charge in [0.15, 0.2) is 0 Å². The number of nitrogens with zero attached hydrogens (tertiary/aromatic N) is 2. The van der Waals surface area contributed by atoms with Crippen LogP contribution in [0.2, 0.25) is 0 Å². The van der Waals surface area contributed by atoms with Crippen molar-refractivity contribution in [1.29, 1.82) is 0 Å². The SMILES string of the molecule is CCCOC(=O)c1c(NC(=O)c2ccnn2C(C)C(=O)O)sc(C(=O)OCC)c1C. The van der Waals surface area contributed by atoms with E-state index < -0.39 is 29.9 Å². The first kappa shape index (κ1) is 23.1. The van der Waals surface area contributed by atoms with E-state index in [1.54, 1.807) is 13.8 Å². The first-order valence-electron chi connectivity index (χ1n) is 9.28. The number of carboxylic acids is 1. The maximum Gasteiger partial charge on any atom is 0.348 e. The molecule has 2 rings (SSSR count).